The van der Waals surface area contributed by atoms with Gasteiger partial charge in [0.2, 0.25) is 0 Å². The van der Waals surface area contributed by atoms with Gasteiger partial charge in [-0.1, -0.05) is 36.1 Å². The predicted molar refractivity (Wildman–Crippen MR) is 96.7 cm³/mol. The van der Waals surface area contributed by atoms with Gasteiger partial charge in [-0.15, -0.1) is 0 Å². The van der Waals surface area contributed by atoms with Gasteiger partial charge in [0.1, 0.15) is 5.82 Å². The molecule has 0 atom stereocenters. The van der Waals surface area contributed by atoms with Crippen LogP contribution >= 0.6 is 24.0 Å². The summed E-state index contributed by atoms with van der Waals surface area (Å²) in [6.45, 7) is 0. The van der Waals surface area contributed by atoms with Gasteiger partial charge >= 0.3 is 0 Å². The fourth-order valence-electron chi connectivity index (χ4n) is 2.24. The molecular weight excluding hydrogens is 349 g/mol. The number of anilines is 1. The Hall–Kier alpha value is -2.38. The van der Waals surface area contributed by atoms with Crippen LogP contribution in [0.4, 0.5) is 10.1 Å². The van der Waals surface area contributed by atoms with E-state index < -0.39 is 5.82 Å². The van der Waals surface area contributed by atoms with Gasteiger partial charge in [-0.25, -0.2) is 4.39 Å². The molecule has 1 N–H and O–H groups in total. The lowest BCUT2D eigenvalue weighted by atomic mass is 10.2. The molecule has 1 saturated heterocycles. The van der Waals surface area contributed by atoms with Crippen LogP contribution in [0, 0.1) is 5.82 Å². The van der Waals surface area contributed by atoms with E-state index in [1.54, 1.807) is 24.3 Å². The number of nitrogens with zero attached hydrogens (tertiary/aromatic N) is 1. The Morgan fingerprint density at radius 3 is 2.79 bits per heavy atom. The van der Waals surface area contributed by atoms with Gasteiger partial charge < -0.3 is 9.84 Å². The third-order valence-corrected chi connectivity index (χ3v) is 4.66. The van der Waals surface area contributed by atoms with E-state index in [0.29, 0.717) is 26.2 Å². The Balaban J connectivity index is 1.94. The van der Waals surface area contributed by atoms with Crippen LogP contribution in [0.1, 0.15) is 5.56 Å². The van der Waals surface area contributed by atoms with Gasteiger partial charge in [-0.05, 0) is 42.0 Å². The fourth-order valence-corrected chi connectivity index (χ4v) is 3.54. The molecule has 122 valence electrons. The maximum Gasteiger partial charge on any atom is 0.270 e. The minimum Gasteiger partial charge on any atom is -0.504 e. The lowest BCUT2D eigenvalue weighted by Crippen LogP contribution is -2.27. The van der Waals surface area contributed by atoms with Crippen LogP contribution in [0.3, 0.4) is 0 Å². The number of thiocarbonyl (C=S) groups is 1. The number of halogens is 1. The summed E-state index contributed by atoms with van der Waals surface area (Å²) in [5, 5.41) is 9.62. The molecule has 1 amide bonds. The maximum absolute atomic E-state index is 13.4. The zero-order valence-corrected chi connectivity index (χ0v) is 14.2. The van der Waals surface area contributed by atoms with Crippen molar-refractivity contribution in [2.75, 3.05) is 12.0 Å². The Bertz CT molecular complexity index is 867. The topological polar surface area (TPSA) is 49.8 Å². The average Bonchev–Trinajstić information content (AvgIpc) is 2.83. The summed E-state index contributed by atoms with van der Waals surface area (Å²) in [5.41, 5.74) is 1.08. The molecule has 0 aliphatic carbocycles. The number of amides is 1. The van der Waals surface area contributed by atoms with Gasteiger partial charge in [0.25, 0.3) is 5.91 Å². The summed E-state index contributed by atoms with van der Waals surface area (Å²) in [6.07, 6.45) is 1.65. The van der Waals surface area contributed by atoms with Crippen LogP contribution < -0.4 is 9.64 Å². The summed E-state index contributed by atoms with van der Waals surface area (Å²) < 4.78 is 18.8. The summed E-state index contributed by atoms with van der Waals surface area (Å²) in [7, 11) is 1.45. The van der Waals surface area contributed by atoms with E-state index in [9.17, 15) is 14.3 Å². The summed E-state index contributed by atoms with van der Waals surface area (Å²) in [4.78, 5) is 14.3. The lowest BCUT2D eigenvalue weighted by Gasteiger charge is -2.14. The van der Waals surface area contributed by atoms with Crippen LogP contribution in [-0.2, 0) is 4.79 Å². The quantitative estimate of drug-likeness (QED) is 0.663. The zero-order chi connectivity index (χ0) is 17.3. The monoisotopic (exact) mass is 361 g/mol. The highest BCUT2D eigenvalue weighted by atomic mass is 32.2. The summed E-state index contributed by atoms with van der Waals surface area (Å²) in [6, 6.07) is 10.5. The van der Waals surface area contributed by atoms with Crippen molar-refractivity contribution in [3.8, 4) is 11.5 Å². The first-order valence-electron chi connectivity index (χ1n) is 6.90. The molecule has 2 aromatic rings. The minimum absolute atomic E-state index is 0.0157. The number of rotatable bonds is 3. The van der Waals surface area contributed by atoms with Crippen molar-refractivity contribution in [3.63, 3.8) is 0 Å². The van der Waals surface area contributed by atoms with E-state index in [1.165, 1.54) is 36.3 Å². The second-order valence-electron chi connectivity index (χ2n) is 4.93. The molecule has 1 aliphatic heterocycles. The highest BCUT2D eigenvalue weighted by Crippen LogP contribution is 2.37. The number of hydrogen-bond acceptors (Lipinski definition) is 5. The van der Waals surface area contributed by atoms with Crippen molar-refractivity contribution >= 4 is 46.0 Å². The first kappa shape index (κ1) is 16.5. The number of benzene rings is 2. The molecule has 0 spiro atoms. The van der Waals surface area contributed by atoms with Crippen molar-refractivity contribution in [1.29, 1.82) is 0 Å². The molecule has 1 aliphatic rings. The first-order chi connectivity index (χ1) is 11.5. The molecule has 0 radical (unpaired) electrons. The van der Waals surface area contributed by atoms with Gasteiger partial charge in [0.05, 0.1) is 17.7 Å². The van der Waals surface area contributed by atoms with Crippen LogP contribution in [0.25, 0.3) is 6.08 Å². The molecule has 7 heteroatoms. The minimum atomic E-state index is -0.436. The van der Waals surface area contributed by atoms with Crippen molar-refractivity contribution < 1.29 is 19.0 Å². The van der Waals surface area contributed by atoms with E-state index in [1.807, 2.05) is 0 Å². The second kappa shape index (κ2) is 6.62. The number of aromatic hydroxyl groups is 1. The van der Waals surface area contributed by atoms with Crippen LogP contribution in [0.2, 0.25) is 0 Å². The lowest BCUT2D eigenvalue weighted by molar-refractivity contribution is -0.113. The number of phenols is 1. The number of carbonyl (C=O) groups is 1. The predicted octanol–water partition coefficient (Wildman–Crippen LogP) is 3.95. The smallest absolute Gasteiger partial charge is 0.270 e. The Labute approximate surface area is 147 Å². The Kier molecular flexibility index (Phi) is 4.55. The van der Waals surface area contributed by atoms with Gasteiger partial charge in [-0.2, -0.15) is 0 Å². The van der Waals surface area contributed by atoms with Crippen LogP contribution in [-0.4, -0.2) is 22.4 Å². The standard InChI is InChI=1S/C17H12FNO3S2/c1-22-14-7-10(5-6-13(14)20)8-15-16(21)19(17(23)24-15)12-4-2-3-11(18)9-12/h2-9,20H,1H3. The normalized spacial score (nSPS) is 16.1. The number of phenolic OH excluding ortho intramolecular Hbond substituents is 1. The third-order valence-electron chi connectivity index (χ3n) is 3.36. The number of methoxy groups -OCH3 is 1. The van der Waals surface area contributed by atoms with Gasteiger partial charge in [0, 0.05) is 0 Å². The molecule has 3 rings (SSSR count). The Morgan fingerprint density at radius 2 is 2.08 bits per heavy atom. The molecule has 1 fully saturated rings. The van der Waals surface area contributed by atoms with Crippen molar-refractivity contribution in [2.24, 2.45) is 0 Å². The highest BCUT2D eigenvalue weighted by molar-refractivity contribution is 8.27. The van der Waals surface area contributed by atoms with E-state index in [-0.39, 0.29) is 11.7 Å². The number of carbonyl (C=O) groups excluding carboxylic acids is 1. The zero-order valence-electron chi connectivity index (χ0n) is 12.5. The molecule has 0 aromatic heterocycles. The SMILES string of the molecule is COc1cc(C=C2SC(=S)N(c3cccc(F)c3)C2=O)ccc1O. The van der Waals surface area contributed by atoms with E-state index in [0.717, 1.165) is 11.8 Å². The maximum atomic E-state index is 13.4. The molecule has 4 nitrogen and oxygen atoms in total. The van der Waals surface area contributed by atoms with Gasteiger partial charge in [0.15, 0.2) is 15.8 Å². The fraction of sp³-hybridized carbons (Fsp3) is 0.0588. The molecule has 0 unspecified atom stereocenters. The molecule has 0 bridgehead atoms. The molecule has 1 heterocycles. The average molecular weight is 361 g/mol. The van der Waals surface area contributed by atoms with Crippen LogP contribution in [0.5, 0.6) is 11.5 Å². The van der Waals surface area contributed by atoms with E-state index in [2.05, 4.69) is 0 Å². The number of hydrogen-bond donors (Lipinski definition) is 1. The first-order valence-corrected chi connectivity index (χ1v) is 8.12. The summed E-state index contributed by atoms with van der Waals surface area (Å²) >= 11 is 6.38. The number of thioether (sulfide) groups is 1. The largest absolute Gasteiger partial charge is 0.504 e. The summed E-state index contributed by atoms with van der Waals surface area (Å²) in [5.74, 6) is -0.428. The van der Waals surface area contributed by atoms with Crippen molar-refractivity contribution in [1.82, 2.24) is 0 Å². The number of ether oxygens (including phenoxy) is 1. The molecular formula is C17H12FNO3S2. The van der Waals surface area contributed by atoms with E-state index >= 15 is 0 Å². The molecule has 0 saturated carbocycles. The molecule has 24 heavy (non-hydrogen) atoms. The third kappa shape index (κ3) is 3.13. The second-order valence-corrected chi connectivity index (χ2v) is 6.60. The van der Waals surface area contributed by atoms with Crippen molar-refractivity contribution in [3.05, 3.63) is 58.8 Å². The van der Waals surface area contributed by atoms with Crippen molar-refractivity contribution in [2.45, 2.75) is 0 Å². The van der Waals surface area contributed by atoms with E-state index in [4.69, 9.17) is 17.0 Å². The highest BCUT2D eigenvalue weighted by Gasteiger charge is 2.33. The van der Waals surface area contributed by atoms with Gasteiger partial charge in [-0.3, -0.25) is 9.69 Å². The van der Waals surface area contributed by atoms with Crippen LogP contribution in [0.15, 0.2) is 47.4 Å². The Morgan fingerprint density at radius 1 is 1.29 bits per heavy atom. The molecule has 2 aromatic carbocycles.